The van der Waals surface area contributed by atoms with Gasteiger partial charge in [0.15, 0.2) is 0 Å². The van der Waals surface area contributed by atoms with Crippen molar-refractivity contribution in [3.8, 4) is 0 Å². The molecule has 108 valence electrons. The number of rotatable bonds is 3. The van der Waals surface area contributed by atoms with E-state index in [1.807, 2.05) is 0 Å². The number of amides is 1. The van der Waals surface area contributed by atoms with Gasteiger partial charge in [-0.2, -0.15) is 4.98 Å². The van der Waals surface area contributed by atoms with Gasteiger partial charge in [0.25, 0.3) is 11.7 Å². The Kier molecular flexibility index (Phi) is 3.39. The van der Waals surface area contributed by atoms with E-state index in [0.29, 0.717) is 25.3 Å². The molecule has 2 aliphatic heterocycles. The lowest BCUT2D eigenvalue weighted by Crippen LogP contribution is -2.40. The van der Waals surface area contributed by atoms with Crippen molar-refractivity contribution in [3.05, 3.63) is 11.7 Å². The quantitative estimate of drug-likeness (QED) is 0.813. The third-order valence-electron chi connectivity index (χ3n) is 3.79. The first-order valence-electron chi connectivity index (χ1n) is 6.77. The van der Waals surface area contributed by atoms with Gasteiger partial charge in [0.2, 0.25) is 5.89 Å². The molecule has 2 N–H and O–H groups in total. The minimum absolute atomic E-state index is 0.00195. The van der Waals surface area contributed by atoms with Gasteiger partial charge in [-0.05, 0) is 32.2 Å². The van der Waals surface area contributed by atoms with E-state index in [4.69, 9.17) is 9.63 Å². The Labute approximate surface area is 115 Å². The van der Waals surface area contributed by atoms with Crippen LogP contribution in [0.2, 0.25) is 0 Å². The minimum atomic E-state index is -0.989. The molecule has 0 aromatic carbocycles. The number of nitrogens with one attached hydrogen (secondary N) is 1. The molecule has 2 saturated heterocycles. The molecular weight excluding hydrogens is 264 g/mol. The molecule has 0 aliphatic carbocycles. The molecule has 8 nitrogen and oxygen atoms in total. The first-order chi connectivity index (χ1) is 9.66. The smallest absolute Gasteiger partial charge is 0.326 e. The van der Waals surface area contributed by atoms with Crippen LogP contribution in [0.4, 0.5) is 0 Å². The van der Waals surface area contributed by atoms with Crippen LogP contribution in [0.1, 0.15) is 48.2 Å². The fourth-order valence-electron chi connectivity index (χ4n) is 2.75. The SMILES string of the molecule is O=C(O)[C@H]1CCCN1C(=O)c1noc(C2CCCN2)n1. The topological polar surface area (TPSA) is 109 Å². The Hall–Kier alpha value is -1.96. The van der Waals surface area contributed by atoms with Crippen LogP contribution >= 0.6 is 0 Å². The van der Waals surface area contributed by atoms with Crippen LogP contribution in [0.5, 0.6) is 0 Å². The maximum atomic E-state index is 12.2. The van der Waals surface area contributed by atoms with Gasteiger partial charge in [-0.1, -0.05) is 5.16 Å². The Balaban J connectivity index is 1.75. The monoisotopic (exact) mass is 280 g/mol. The third kappa shape index (κ3) is 2.26. The summed E-state index contributed by atoms with van der Waals surface area (Å²) in [6.07, 6.45) is 3.08. The molecule has 8 heteroatoms. The first-order valence-corrected chi connectivity index (χ1v) is 6.77. The van der Waals surface area contributed by atoms with Crippen molar-refractivity contribution in [1.29, 1.82) is 0 Å². The van der Waals surface area contributed by atoms with E-state index in [1.165, 1.54) is 4.90 Å². The van der Waals surface area contributed by atoms with Crippen LogP contribution in [0.3, 0.4) is 0 Å². The molecule has 2 atom stereocenters. The molecule has 2 fully saturated rings. The van der Waals surface area contributed by atoms with Gasteiger partial charge in [0.1, 0.15) is 6.04 Å². The highest BCUT2D eigenvalue weighted by Gasteiger charge is 2.36. The van der Waals surface area contributed by atoms with E-state index in [2.05, 4.69) is 15.5 Å². The van der Waals surface area contributed by atoms with Crippen molar-refractivity contribution in [2.24, 2.45) is 0 Å². The lowest BCUT2D eigenvalue weighted by Gasteiger charge is -2.19. The van der Waals surface area contributed by atoms with Gasteiger partial charge in [0.05, 0.1) is 6.04 Å². The molecule has 20 heavy (non-hydrogen) atoms. The number of nitrogens with zero attached hydrogens (tertiary/aromatic N) is 3. The molecule has 3 heterocycles. The second-order valence-corrected chi connectivity index (χ2v) is 5.10. The Morgan fingerprint density at radius 1 is 1.35 bits per heavy atom. The average molecular weight is 280 g/mol. The van der Waals surface area contributed by atoms with Gasteiger partial charge >= 0.3 is 5.97 Å². The number of aliphatic carboxylic acids is 1. The zero-order valence-corrected chi connectivity index (χ0v) is 10.9. The molecule has 2 aliphatic rings. The number of aromatic nitrogens is 2. The van der Waals surface area contributed by atoms with Gasteiger partial charge < -0.3 is 19.8 Å². The van der Waals surface area contributed by atoms with E-state index < -0.39 is 17.9 Å². The van der Waals surface area contributed by atoms with Crippen molar-refractivity contribution in [3.63, 3.8) is 0 Å². The summed E-state index contributed by atoms with van der Waals surface area (Å²) in [4.78, 5) is 28.8. The summed E-state index contributed by atoms with van der Waals surface area (Å²) in [5.74, 6) is -1.11. The van der Waals surface area contributed by atoms with Crippen molar-refractivity contribution in [2.75, 3.05) is 13.1 Å². The summed E-state index contributed by atoms with van der Waals surface area (Å²) in [6, 6.07) is -0.785. The highest BCUT2D eigenvalue weighted by Crippen LogP contribution is 2.23. The molecule has 3 rings (SSSR count). The van der Waals surface area contributed by atoms with Gasteiger partial charge in [-0.25, -0.2) is 4.79 Å². The number of carboxylic acid groups (broad SMARTS) is 1. The molecule has 0 spiro atoms. The van der Waals surface area contributed by atoms with Crippen LogP contribution in [0.25, 0.3) is 0 Å². The molecule has 1 amide bonds. The summed E-state index contributed by atoms with van der Waals surface area (Å²) in [5.41, 5.74) is 0. The zero-order chi connectivity index (χ0) is 14.1. The molecule has 0 bridgehead atoms. The highest BCUT2D eigenvalue weighted by atomic mass is 16.5. The number of carbonyl (C=O) groups is 2. The summed E-state index contributed by atoms with van der Waals surface area (Å²) in [6.45, 7) is 1.31. The maximum Gasteiger partial charge on any atom is 0.326 e. The van der Waals surface area contributed by atoms with Gasteiger partial charge in [0, 0.05) is 6.54 Å². The Morgan fingerprint density at radius 3 is 2.90 bits per heavy atom. The predicted molar refractivity (Wildman–Crippen MR) is 66.0 cm³/mol. The van der Waals surface area contributed by atoms with E-state index in [1.54, 1.807) is 0 Å². The van der Waals surface area contributed by atoms with E-state index in [9.17, 15) is 9.59 Å². The second-order valence-electron chi connectivity index (χ2n) is 5.10. The van der Waals surface area contributed by atoms with Crippen LogP contribution in [0, 0.1) is 0 Å². The molecule has 0 saturated carbocycles. The number of carbonyl (C=O) groups excluding carboxylic acids is 1. The number of carboxylic acids is 1. The Bertz CT molecular complexity index is 523. The van der Waals surface area contributed by atoms with Crippen molar-refractivity contribution < 1.29 is 19.2 Å². The van der Waals surface area contributed by atoms with Crippen molar-refractivity contribution in [2.45, 2.75) is 37.8 Å². The largest absolute Gasteiger partial charge is 0.480 e. The van der Waals surface area contributed by atoms with E-state index in [0.717, 1.165) is 19.4 Å². The van der Waals surface area contributed by atoms with Crippen LogP contribution in [-0.4, -0.2) is 51.2 Å². The fourth-order valence-corrected chi connectivity index (χ4v) is 2.75. The average Bonchev–Trinajstić information content (AvgIpc) is 3.17. The molecule has 1 unspecified atom stereocenters. The van der Waals surface area contributed by atoms with Crippen LogP contribution < -0.4 is 5.32 Å². The Morgan fingerprint density at radius 2 is 2.20 bits per heavy atom. The number of hydrogen-bond acceptors (Lipinski definition) is 6. The summed E-state index contributed by atoms with van der Waals surface area (Å²) >= 11 is 0. The molecular formula is C12H16N4O4. The normalized spacial score (nSPS) is 26.1. The lowest BCUT2D eigenvalue weighted by atomic mass is 10.2. The van der Waals surface area contributed by atoms with E-state index >= 15 is 0 Å². The number of hydrogen-bond donors (Lipinski definition) is 2. The lowest BCUT2D eigenvalue weighted by molar-refractivity contribution is -0.141. The molecule has 1 aromatic rings. The summed E-state index contributed by atoms with van der Waals surface area (Å²) in [7, 11) is 0. The summed E-state index contributed by atoms with van der Waals surface area (Å²) in [5, 5.41) is 16.0. The standard InChI is InChI=1S/C12H16N4O4/c17-11(16-6-2-4-8(16)12(18)19)9-14-10(20-15-9)7-3-1-5-13-7/h7-8,13H,1-6H2,(H,18,19)/t7?,8-/m1/s1. The fraction of sp³-hybridized carbons (Fsp3) is 0.667. The van der Waals surface area contributed by atoms with Gasteiger partial charge in [-0.15, -0.1) is 0 Å². The molecule has 0 radical (unpaired) electrons. The predicted octanol–water partition coefficient (Wildman–Crippen LogP) is 0.183. The maximum absolute atomic E-state index is 12.2. The number of likely N-dealkylation sites (tertiary alicyclic amines) is 1. The van der Waals surface area contributed by atoms with Gasteiger partial charge in [-0.3, -0.25) is 4.79 Å². The summed E-state index contributed by atoms with van der Waals surface area (Å²) < 4.78 is 5.11. The van der Waals surface area contributed by atoms with Crippen molar-refractivity contribution >= 4 is 11.9 Å². The van der Waals surface area contributed by atoms with Crippen LogP contribution in [-0.2, 0) is 4.79 Å². The first kappa shape index (κ1) is 13.0. The van der Waals surface area contributed by atoms with Crippen LogP contribution in [0.15, 0.2) is 4.52 Å². The minimum Gasteiger partial charge on any atom is -0.480 e. The third-order valence-corrected chi connectivity index (χ3v) is 3.79. The second kappa shape index (κ2) is 5.20. The van der Waals surface area contributed by atoms with Crippen molar-refractivity contribution in [1.82, 2.24) is 20.4 Å². The van der Waals surface area contributed by atoms with E-state index in [-0.39, 0.29) is 11.9 Å². The highest BCUT2D eigenvalue weighted by molar-refractivity contribution is 5.93. The zero-order valence-electron chi connectivity index (χ0n) is 10.9. The molecule has 1 aromatic heterocycles.